The Balaban J connectivity index is 1.33. The number of fused-ring (bicyclic) bond motifs is 8. The molecule has 1 aliphatic carbocycles. The third-order valence-corrected chi connectivity index (χ3v) is 9.16. The van der Waals surface area contributed by atoms with E-state index in [0.717, 1.165) is 33.8 Å². The first-order valence-corrected chi connectivity index (χ1v) is 14.9. The van der Waals surface area contributed by atoms with Crippen LogP contribution >= 0.6 is 0 Å². The minimum absolute atomic E-state index is 0.165. The fourth-order valence-corrected chi connectivity index (χ4v) is 7.11. The number of rotatable bonds is 4. The molecule has 0 bridgehead atoms. The van der Waals surface area contributed by atoms with Gasteiger partial charge in [0.05, 0.1) is 0 Å². The van der Waals surface area contributed by atoms with Crippen LogP contribution in [-0.2, 0) is 11.0 Å². The van der Waals surface area contributed by atoms with E-state index in [1.165, 1.54) is 38.8 Å². The van der Waals surface area contributed by atoms with E-state index in [-0.39, 0.29) is 5.41 Å². The first-order valence-electron chi connectivity index (χ1n) is 14.9. The summed E-state index contributed by atoms with van der Waals surface area (Å²) in [5.41, 5.74) is 8.99. The van der Waals surface area contributed by atoms with Gasteiger partial charge in [-0.2, -0.15) is 0 Å². The molecule has 2 aliphatic rings. The van der Waals surface area contributed by atoms with Crippen LogP contribution in [0.4, 0.5) is 0 Å². The normalized spacial score (nSPS) is 17.6. The minimum Gasteiger partial charge on any atom is -0.472 e. The molecule has 208 valence electrons. The van der Waals surface area contributed by atoms with Gasteiger partial charge < -0.3 is 9.47 Å². The Morgan fingerprint density at radius 3 is 2.00 bits per heavy atom. The lowest BCUT2D eigenvalue weighted by molar-refractivity contribution is 0.163. The van der Waals surface area contributed by atoms with Gasteiger partial charge in [-0.1, -0.05) is 129 Å². The van der Waals surface area contributed by atoms with Gasteiger partial charge in [0.2, 0.25) is 0 Å². The summed E-state index contributed by atoms with van der Waals surface area (Å²) in [5.74, 6) is 2.54. The van der Waals surface area contributed by atoms with Crippen molar-refractivity contribution in [2.45, 2.75) is 31.8 Å². The second-order valence-electron chi connectivity index (χ2n) is 12.2. The highest BCUT2D eigenvalue weighted by molar-refractivity contribution is 6.08. The third-order valence-electron chi connectivity index (χ3n) is 9.16. The molecule has 8 rings (SSSR count). The van der Waals surface area contributed by atoms with Gasteiger partial charge in [-0.25, -0.2) is 0 Å². The van der Waals surface area contributed by atoms with Crippen molar-refractivity contribution in [2.75, 3.05) is 0 Å². The van der Waals surface area contributed by atoms with Crippen LogP contribution in [0.15, 0.2) is 133 Å². The van der Waals surface area contributed by atoms with E-state index in [1.54, 1.807) is 0 Å². The second-order valence-corrected chi connectivity index (χ2v) is 12.2. The van der Waals surface area contributed by atoms with Gasteiger partial charge in [0.25, 0.3) is 0 Å². The predicted octanol–water partition coefficient (Wildman–Crippen LogP) is 10.6. The van der Waals surface area contributed by atoms with Gasteiger partial charge in [0.15, 0.2) is 5.60 Å². The molecule has 1 heterocycles. The summed E-state index contributed by atoms with van der Waals surface area (Å²) < 4.78 is 13.5. The predicted molar refractivity (Wildman–Crippen MR) is 176 cm³/mol. The molecule has 0 fully saturated rings. The summed E-state index contributed by atoms with van der Waals surface area (Å²) in [7, 11) is 0. The van der Waals surface area contributed by atoms with Gasteiger partial charge in [0.1, 0.15) is 17.2 Å². The molecule has 0 N–H and O–H groups in total. The molecular weight excluding hydrogens is 524 g/mol. The van der Waals surface area contributed by atoms with E-state index in [9.17, 15) is 0 Å². The molecule has 1 aliphatic heterocycles. The Labute approximate surface area is 252 Å². The van der Waals surface area contributed by atoms with Crippen molar-refractivity contribution in [3.63, 3.8) is 0 Å². The van der Waals surface area contributed by atoms with Crippen molar-refractivity contribution in [3.8, 4) is 28.4 Å². The molecule has 6 aromatic rings. The molecule has 0 saturated heterocycles. The van der Waals surface area contributed by atoms with Crippen LogP contribution in [0.25, 0.3) is 28.0 Å². The lowest BCUT2D eigenvalue weighted by Crippen LogP contribution is -2.35. The van der Waals surface area contributed by atoms with Gasteiger partial charge in [-0.3, -0.25) is 0 Å². The lowest BCUT2D eigenvalue weighted by Gasteiger charge is -2.38. The van der Waals surface area contributed by atoms with E-state index >= 15 is 0 Å². The zero-order valence-electron chi connectivity index (χ0n) is 24.6. The molecule has 6 aromatic carbocycles. The SMILES string of the molecule is Cc1ccc2c(c1)C(C)(C)c1c3c(c4ccccc4c1-2)OC(c1ccccc1)(c1ccc(Oc2ccccc2)cc1)C=C3. The van der Waals surface area contributed by atoms with E-state index in [4.69, 9.17) is 9.47 Å². The van der Waals surface area contributed by atoms with Crippen molar-refractivity contribution >= 4 is 16.8 Å². The number of hydrogen-bond acceptors (Lipinski definition) is 2. The number of hydrogen-bond donors (Lipinski definition) is 0. The highest BCUT2D eigenvalue weighted by atomic mass is 16.5. The average molecular weight is 557 g/mol. The molecule has 2 heteroatoms. The van der Waals surface area contributed by atoms with Crippen molar-refractivity contribution < 1.29 is 9.47 Å². The third kappa shape index (κ3) is 3.87. The largest absolute Gasteiger partial charge is 0.472 e. The molecule has 43 heavy (non-hydrogen) atoms. The Kier molecular flexibility index (Phi) is 5.64. The van der Waals surface area contributed by atoms with Crippen LogP contribution in [0, 0.1) is 6.92 Å². The quantitative estimate of drug-likeness (QED) is 0.215. The number of aryl methyl sites for hydroxylation is 1. The van der Waals surface area contributed by atoms with Gasteiger partial charge in [0, 0.05) is 27.5 Å². The Bertz CT molecular complexity index is 2040. The Morgan fingerprint density at radius 1 is 0.628 bits per heavy atom. The summed E-state index contributed by atoms with van der Waals surface area (Å²) >= 11 is 0. The summed E-state index contributed by atoms with van der Waals surface area (Å²) in [6, 6.07) is 44.3. The molecule has 1 unspecified atom stereocenters. The van der Waals surface area contributed by atoms with Gasteiger partial charge >= 0.3 is 0 Å². The van der Waals surface area contributed by atoms with Crippen molar-refractivity contribution in [1.29, 1.82) is 0 Å². The minimum atomic E-state index is -0.803. The van der Waals surface area contributed by atoms with Crippen LogP contribution in [0.2, 0.25) is 0 Å². The van der Waals surface area contributed by atoms with Crippen LogP contribution in [0.1, 0.15) is 47.2 Å². The molecule has 0 radical (unpaired) electrons. The molecule has 1 atom stereocenters. The fraction of sp³-hybridized carbons (Fsp3) is 0.122. The number of benzene rings is 6. The number of ether oxygens (including phenoxy) is 2. The summed E-state index contributed by atoms with van der Waals surface area (Å²) in [6.07, 6.45) is 4.56. The van der Waals surface area contributed by atoms with Crippen LogP contribution in [0.3, 0.4) is 0 Å². The number of para-hydroxylation sites is 1. The average Bonchev–Trinajstić information content (AvgIpc) is 3.28. The van der Waals surface area contributed by atoms with E-state index in [1.807, 2.05) is 42.5 Å². The van der Waals surface area contributed by atoms with Crippen LogP contribution in [-0.4, -0.2) is 0 Å². The van der Waals surface area contributed by atoms with E-state index in [2.05, 4.69) is 118 Å². The van der Waals surface area contributed by atoms with Crippen molar-refractivity contribution in [2.24, 2.45) is 0 Å². The molecular formula is C41H32O2. The summed E-state index contributed by atoms with van der Waals surface area (Å²) in [6.45, 7) is 6.88. The van der Waals surface area contributed by atoms with Crippen LogP contribution < -0.4 is 9.47 Å². The molecule has 0 spiro atoms. The first-order chi connectivity index (χ1) is 21.0. The smallest absolute Gasteiger partial charge is 0.178 e. The molecule has 0 saturated carbocycles. The second kappa shape index (κ2) is 9.47. The van der Waals surface area contributed by atoms with Crippen molar-refractivity contribution in [3.05, 3.63) is 167 Å². The lowest BCUT2D eigenvalue weighted by atomic mass is 9.76. The van der Waals surface area contributed by atoms with Crippen LogP contribution in [0.5, 0.6) is 17.2 Å². The Hall–Kier alpha value is -5.08. The zero-order chi connectivity index (χ0) is 29.2. The maximum atomic E-state index is 7.38. The van der Waals surface area contributed by atoms with Crippen molar-refractivity contribution in [1.82, 2.24) is 0 Å². The monoisotopic (exact) mass is 556 g/mol. The summed E-state index contributed by atoms with van der Waals surface area (Å²) in [4.78, 5) is 0. The standard InChI is InChI=1S/C41H32O2/c1-27-18-23-34-36(26-27)40(2,3)38-35-24-25-41(28-12-6-4-7-13-28,43-39(35)33-17-11-10-16-32(33)37(34)38)29-19-21-31(22-20-29)42-30-14-8-5-9-15-30/h4-26H,1-3H3. The maximum absolute atomic E-state index is 7.38. The van der Waals surface area contributed by atoms with E-state index < -0.39 is 5.60 Å². The highest BCUT2D eigenvalue weighted by Crippen LogP contribution is 2.58. The van der Waals surface area contributed by atoms with E-state index in [0.29, 0.717) is 0 Å². The molecule has 2 nitrogen and oxygen atoms in total. The molecule has 0 aromatic heterocycles. The zero-order valence-corrected chi connectivity index (χ0v) is 24.6. The first kappa shape index (κ1) is 25.6. The Morgan fingerprint density at radius 2 is 1.26 bits per heavy atom. The molecule has 0 amide bonds. The maximum Gasteiger partial charge on any atom is 0.178 e. The van der Waals surface area contributed by atoms with Gasteiger partial charge in [-0.15, -0.1) is 0 Å². The van der Waals surface area contributed by atoms with Gasteiger partial charge in [-0.05, 0) is 64.9 Å². The summed E-state index contributed by atoms with van der Waals surface area (Å²) in [5, 5.41) is 2.37. The highest BCUT2D eigenvalue weighted by Gasteiger charge is 2.44. The fourth-order valence-electron chi connectivity index (χ4n) is 7.11. The topological polar surface area (TPSA) is 18.5 Å².